The van der Waals surface area contributed by atoms with Gasteiger partial charge in [-0.25, -0.2) is 0 Å². The number of carbonyl (C=O) groups is 3. The summed E-state index contributed by atoms with van der Waals surface area (Å²) in [6.45, 7) is 6.63. The molecule has 0 saturated heterocycles. The SMILES string of the molecule is CCCCC/C=C\C/C=C\C/C=C\CCCCCCCCC(=O)OC(COC(=O)CCCCCCCCCCCCC/C=C\C/C=C\CCCCCCC)COC(=O)CCCCCCCCCCCCCCC. The molecular weight excluding hydrogens is 901 g/mol. The molecule has 73 heavy (non-hydrogen) atoms. The second-order valence-electron chi connectivity index (χ2n) is 21.3. The van der Waals surface area contributed by atoms with Crippen LogP contribution in [0, 0.1) is 0 Å². The number of carbonyl (C=O) groups excluding carboxylic acids is 3. The summed E-state index contributed by atoms with van der Waals surface area (Å²) in [7, 11) is 0. The summed E-state index contributed by atoms with van der Waals surface area (Å²) in [6.07, 6.45) is 77.9. The second-order valence-corrected chi connectivity index (χ2v) is 21.3. The van der Waals surface area contributed by atoms with E-state index in [0.717, 1.165) is 89.9 Å². The summed E-state index contributed by atoms with van der Waals surface area (Å²) in [6, 6.07) is 0. The third-order valence-electron chi connectivity index (χ3n) is 14.0. The Balaban J connectivity index is 4.33. The Labute approximate surface area is 453 Å². The Morgan fingerprint density at radius 2 is 0.493 bits per heavy atom. The molecule has 6 heteroatoms. The van der Waals surface area contributed by atoms with Crippen LogP contribution in [-0.2, 0) is 28.6 Å². The summed E-state index contributed by atoms with van der Waals surface area (Å²) in [5.41, 5.74) is 0. The van der Waals surface area contributed by atoms with E-state index in [1.165, 1.54) is 199 Å². The van der Waals surface area contributed by atoms with Crippen molar-refractivity contribution in [2.75, 3.05) is 13.2 Å². The molecule has 0 spiro atoms. The molecule has 0 heterocycles. The smallest absolute Gasteiger partial charge is 0.306 e. The van der Waals surface area contributed by atoms with Crippen molar-refractivity contribution in [1.29, 1.82) is 0 Å². The first-order valence-corrected chi connectivity index (χ1v) is 31.8. The van der Waals surface area contributed by atoms with Crippen molar-refractivity contribution >= 4 is 17.9 Å². The van der Waals surface area contributed by atoms with Crippen LogP contribution in [0.25, 0.3) is 0 Å². The predicted molar refractivity (Wildman–Crippen MR) is 316 cm³/mol. The highest BCUT2D eigenvalue weighted by atomic mass is 16.6. The highest BCUT2D eigenvalue weighted by Gasteiger charge is 2.19. The molecule has 0 saturated carbocycles. The first-order chi connectivity index (χ1) is 36.0. The Morgan fingerprint density at radius 3 is 0.795 bits per heavy atom. The largest absolute Gasteiger partial charge is 0.462 e. The van der Waals surface area contributed by atoms with Crippen molar-refractivity contribution in [3.8, 4) is 0 Å². The molecule has 0 aromatic carbocycles. The fraction of sp³-hybridized carbons (Fsp3) is 0.806. The van der Waals surface area contributed by atoms with E-state index in [2.05, 4.69) is 81.5 Å². The molecule has 0 radical (unpaired) electrons. The van der Waals surface area contributed by atoms with E-state index >= 15 is 0 Å². The van der Waals surface area contributed by atoms with Crippen molar-refractivity contribution in [2.45, 2.75) is 335 Å². The van der Waals surface area contributed by atoms with Gasteiger partial charge in [0, 0.05) is 19.3 Å². The number of rotatable bonds is 58. The van der Waals surface area contributed by atoms with Gasteiger partial charge in [0.2, 0.25) is 0 Å². The van der Waals surface area contributed by atoms with Gasteiger partial charge in [-0.3, -0.25) is 14.4 Å². The van der Waals surface area contributed by atoms with Gasteiger partial charge >= 0.3 is 17.9 Å². The standard InChI is InChI=1S/C67H120O6/c1-4-7-10-13-16-19-22-25-27-29-31-32-33-34-36-37-39-42-45-48-51-54-57-60-66(69)72-63-64(62-71-65(68)59-56-53-50-47-44-41-24-21-18-15-12-9-6-3)73-67(70)61-58-55-52-49-46-43-40-38-35-30-28-26-23-20-17-14-11-8-5-2/h17,20,22,25-26,28-29,31,35,38,64H,4-16,18-19,21,23-24,27,30,32-34,36-37,39-63H2,1-3H3/b20-17-,25-22-,28-26-,31-29-,38-35-. The van der Waals surface area contributed by atoms with Gasteiger partial charge < -0.3 is 14.2 Å². The van der Waals surface area contributed by atoms with E-state index in [1.54, 1.807) is 0 Å². The Kier molecular flexibility index (Phi) is 59.2. The lowest BCUT2D eigenvalue weighted by molar-refractivity contribution is -0.167. The molecule has 0 N–H and O–H groups in total. The average Bonchev–Trinajstić information content (AvgIpc) is 3.39. The average molecular weight is 1020 g/mol. The maximum atomic E-state index is 12.9. The maximum absolute atomic E-state index is 12.9. The minimum Gasteiger partial charge on any atom is -0.462 e. The topological polar surface area (TPSA) is 78.9 Å². The minimum atomic E-state index is -0.781. The fourth-order valence-corrected chi connectivity index (χ4v) is 9.19. The van der Waals surface area contributed by atoms with Crippen LogP contribution in [0.5, 0.6) is 0 Å². The highest BCUT2D eigenvalue weighted by molar-refractivity contribution is 5.71. The molecule has 424 valence electrons. The van der Waals surface area contributed by atoms with Gasteiger partial charge in [-0.2, -0.15) is 0 Å². The molecule has 0 aliphatic heterocycles. The molecule has 0 aliphatic carbocycles. The van der Waals surface area contributed by atoms with Gasteiger partial charge in [0.25, 0.3) is 0 Å². The fourth-order valence-electron chi connectivity index (χ4n) is 9.19. The highest BCUT2D eigenvalue weighted by Crippen LogP contribution is 2.16. The lowest BCUT2D eigenvalue weighted by Gasteiger charge is -2.18. The number of hydrogen-bond donors (Lipinski definition) is 0. The van der Waals surface area contributed by atoms with Gasteiger partial charge in [0.1, 0.15) is 13.2 Å². The molecule has 1 unspecified atom stereocenters. The molecule has 0 aromatic rings. The monoisotopic (exact) mass is 1020 g/mol. The van der Waals surface area contributed by atoms with Crippen LogP contribution >= 0.6 is 0 Å². The number of unbranched alkanes of at least 4 members (excludes halogenated alkanes) is 37. The Bertz CT molecular complexity index is 1310. The summed E-state index contributed by atoms with van der Waals surface area (Å²) < 4.78 is 16.9. The summed E-state index contributed by atoms with van der Waals surface area (Å²) in [4.78, 5) is 38.3. The molecule has 0 fully saturated rings. The number of allylic oxidation sites excluding steroid dienone is 10. The van der Waals surface area contributed by atoms with Crippen LogP contribution < -0.4 is 0 Å². The quantitative estimate of drug-likeness (QED) is 0.0261. The van der Waals surface area contributed by atoms with Crippen molar-refractivity contribution in [1.82, 2.24) is 0 Å². The van der Waals surface area contributed by atoms with Gasteiger partial charge in [-0.1, -0.05) is 281 Å². The molecule has 0 aromatic heterocycles. The normalized spacial score (nSPS) is 12.4. The molecular formula is C67H120O6. The van der Waals surface area contributed by atoms with E-state index in [0.29, 0.717) is 19.3 Å². The van der Waals surface area contributed by atoms with Gasteiger partial charge in [-0.05, 0) is 89.9 Å². The second kappa shape index (κ2) is 61.7. The number of hydrogen-bond acceptors (Lipinski definition) is 6. The van der Waals surface area contributed by atoms with Crippen LogP contribution in [0.1, 0.15) is 329 Å². The number of esters is 3. The van der Waals surface area contributed by atoms with Crippen molar-refractivity contribution in [3.63, 3.8) is 0 Å². The third-order valence-corrected chi connectivity index (χ3v) is 14.0. The van der Waals surface area contributed by atoms with Crippen LogP contribution in [-0.4, -0.2) is 37.2 Å². The van der Waals surface area contributed by atoms with Crippen LogP contribution in [0.15, 0.2) is 60.8 Å². The Hall–Kier alpha value is -2.89. The van der Waals surface area contributed by atoms with Gasteiger partial charge in [0.05, 0.1) is 0 Å². The Morgan fingerprint density at radius 1 is 0.274 bits per heavy atom. The predicted octanol–water partition coefficient (Wildman–Crippen LogP) is 21.6. The van der Waals surface area contributed by atoms with E-state index in [-0.39, 0.29) is 31.1 Å². The zero-order valence-electron chi connectivity index (χ0n) is 48.7. The van der Waals surface area contributed by atoms with E-state index in [1.807, 2.05) is 0 Å². The summed E-state index contributed by atoms with van der Waals surface area (Å²) >= 11 is 0. The molecule has 0 rings (SSSR count). The molecule has 0 amide bonds. The number of ether oxygens (including phenoxy) is 3. The molecule has 0 aliphatic rings. The van der Waals surface area contributed by atoms with Gasteiger partial charge in [0.15, 0.2) is 6.10 Å². The van der Waals surface area contributed by atoms with Crippen LogP contribution in [0.4, 0.5) is 0 Å². The third kappa shape index (κ3) is 59.9. The van der Waals surface area contributed by atoms with E-state index in [9.17, 15) is 14.4 Å². The van der Waals surface area contributed by atoms with Crippen molar-refractivity contribution < 1.29 is 28.6 Å². The maximum Gasteiger partial charge on any atom is 0.306 e. The lowest BCUT2D eigenvalue weighted by atomic mass is 10.0. The van der Waals surface area contributed by atoms with Crippen LogP contribution in [0.3, 0.4) is 0 Å². The molecule has 1 atom stereocenters. The molecule has 0 bridgehead atoms. The van der Waals surface area contributed by atoms with Crippen molar-refractivity contribution in [3.05, 3.63) is 60.8 Å². The zero-order chi connectivity index (χ0) is 52.9. The van der Waals surface area contributed by atoms with Gasteiger partial charge in [-0.15, -0.1) is 0 Å². The summed E-state index contributed by atoms with van der Waals surface area (Å²) in [5.74, 6) is -0.875. The first-order valence-electron chi connectivity index (χ1n) is 31.8. The van der Waals surface area contributed by atoms with E-state index in [4.69, 9.17) is 14.2 Å². The lowest BCUT2D eigenvalue weighted by Crippen LogP contribution is -2.30. The first kappa shape index (κ1) is 70.1. The van der Waals surface area contributed by atoms with E-state index < -0.39 is 6.10 Å². The van der Waals surface area contributed by atoms with Crippen LogP contribution in [0.2, 0.25) is 0 Å². The zero-order valence-corrected chi connectivity index (χ0v) is 48.7. The molecule has 6 nitrogen and oxygen atoms in total. The van der Waals surface area contributed by atoms with Crippen molar-refractivity contribution in [2.24, 2.45) is 0 Å². The summed E-state index contributed by atoms with van der Waals surface area (Å²) in [5, 5.41) is 0. The minimum absolute atomic E-state index is 0.0770.